The summed E-state index contributed by atoms with van der Waals surface area (Å²) in [6.07, 6.45) is 8.76. The molecule has 0 heterocycles. The molecule has 0 N–H and O–H groups in total. The molecule has 0 bridgehead atoms. The van der Waals surface area contributed by atoms with Crippen molar-refractivity contribution in [1.29, 1.82) is 0 Å². The van der Waals surface area contributed by atoms with Crippen molar-refractivity contribution in [3.05, 3.63) is 0 Å². The second kappa shape index (κ2) is 11.6. The highest BCUT2D eigenvalue weighted by Crippen LogP contribution is 2.10. The molecule has 0 saturated carbocycles. The van der Waals surface area contributed by atoms with Crippen LogP contribution in [0.15, 0.2) is 0 Å². The van der Waals surface area contributed by atoms with Crippen LogP contribution in [0.1, 0.15) is 79.1 Å². The fraction of sp³-hybridized carbons (Fsp3) is 0.938. The van der Waals surface area contributed by atoms with Crippen LogP contribution < -0.4 is 0 Å². The molecule has 2 nitrogen and oxygen atoms in total. The van der Waals surface area contributed by atoms with E-state index in [9.17, 15) is 4.79 Å². The molecular weight excluding hydrogens is 224 g/mol. The van der Waals surface area contributed by atoms with E-state index in [0.717, 1.165) is 25.2 Å². The van der Waals surface area contributed by atoms with Crippen molar-refractivity contribution in [2.24, 2.45) is 11.8 Å². The van der Waals surface area contributed by atoms with Gasteiger partial charge in [0.15, 0.2) is 0 Å². The van der Waals surface area contributed by atoms with Gasteiger partial charge in [0.1, 0.15) is 0 Å². The van der Waals surface area contributed by atoms with Gasteiger partial charge in [0, 0.05) is 6.42 Å². The van der Waals surface area contributed by atoms with E-state index in [0.29, 0.717) is 18.9 Å². The highest BCUT2D eigenvalue weighted by molar-refractivity contribution is 5.69. The van der Waals surface area contributed by atoms with E-state index < -0.39 is 0 Å². The molecule has 0 aromatic rings. The summed E-state index contributed by atoms with van der Waals surface area (Å²) in [7, 11) is 0. The average Bonchev–Trinajstić information content (AvgIpc) is 2.26. The maximum atomic E-state index is 11.4. The van der Waals surface area contributed by atoms with Crippen molar-refractivity contribution in [3.8, 4) is 0 Å². The van der Waals surface area contributed by atoms with E-state index in [2.05, 4.69) is 27.7 Å². The summed E-state index contributed by atoms with van der Waals surface area (Å²) in [5.41, 5.74) is 0. The van der Waals surface area contributed by atoms with Gasteiger partial charge in [-0.2, -0.15) is 0 Å². The van der Waals surface area contributed by atoms with Gasteiger partial charge in [0.2, 0.25) is 0 Å². The fourth-order valence-electron chi connectivity index (χ4n) is 1.92. The predicted octanol–water partition coefficient (Wildman–Crippen LogP) is 4.96. The molecule has 18 heavy (non-hydrogen) atoms. The van der Waals surface area contributed by atoms with Crippen molar-refractivity contribution >= 4 is 5.97 Å². The van der Waals surface area contributed by atoms with Crippen molar-refractivity contribution in [2.75, 3.05) is 6.61 Å². The zero-order valence-electron chi connectivity index (χ0n) is 12.8. The van der Waals surface area contributed by atoms with Gasteiger partial charge in [0.05, 0.1) is 6.61 Å². The summed E-state index contributed by atoms with van der Waals surface area (Å²) >= 11 is 0. The minimum Gasteiger partial charge on any atom is -0.466 e. The van der Waals surface area contributed by atoms with Crippen LogP contribution in [0.3, 0.4) is 0 Å². The Morgan fingerprint density at radius 3 is 2.00 bits per heavy atom. The van der Waals surface area contributed by atoms with Gasteiger partial charge in [-0.15, -0.1) is 0 Å². The molecule has 2 heteroatoms. The Balaban J connectivity index is 3.20. The van der Waals surface area contributed by atoms with E-state index in [1.165, 1.54) is 25.7 Å². The molecule has 0 amide bonds. The van der Waals surface area contributed by atoms with Crippen LogP contribution in [0.5, 0.6) is 0 Å². The number of esters is 1. The van der Waals surface area contributed by atoms with Gasteiger partial charge in [-0.3, -0.25) is 4.79 Å². The lowest BCUT2D eigenvalue weighted by Crippen LogP contribution is -2.06. The molecule has 0 aliphatic heterocycles. The standard InChI is InChI=1S/C16H32O2/c1-14(2)10-7-5-6-8-13-18-16(17)12-9-11-15(3)4/h14-15H,5-13H2,1-4H3. The molecule has 0 atom stereocenters. The van der Waals surface area contributed by atoms with Crippen molar-refractivity contribution in [2.45, 2.75) is 79.1 Å². The van der Waals surface area contributed by atoms with Crippen LogP contribution >= 0.6 is 0 Å². The smallest absolute Gasteiger partial charge is 0.305 e. The molecule has 0 aromatic carbocycles. The van der Waals surface area contributed by atoms with Crippen molar-refractivity contribution in [3.63, 3.8) is 0 Å². The molecular formula is C16H32O2. The Labute approximate surface area is 113 Å². The van der Waals surface area contributed by atoms with Crippen LogP contribution in [0, 0.1) is 11.8 Å². The van der Waals surface area contributed by atoms with Crippen LogP contribution in [0.4, 0.5) is 0 Å². The highest BCUT2D eigenvalue weighted by atomic mass is 16.5. The molecule has 0 aliphatic carbocycles. The topological polar surface area (TPSA) is 26.3 Å². The average molecular weight is 256 g/mol. The zero-order chi connectivity index (χ0) is 13.8. The first-order chi connectivity index (χ1) is 8.52. The molecule has 0 rings (SSSR count). The number of hydrogen-bond donors (Lipinski definition) is 0. The van der Waals surface area contributed by atoms with E-state index in [1.807, 2.05) is 0 Å². The monoisotopic (exact) mass is 256 g/mol. The number of carbonyl (C=O) groups is 1. The summed E-state index contributed by atoms with van der Waals surface area (Å²) in [6.45, 7) is 9.51. The minimum atomic E-state index is -0.0159. The molecule has 108 valence electrons. The lowest BCUT2D eigenvalue weighted by atomic mass is 10.0. The van der Waals surface area contributed by atoms with Crippen LogP contribution in [0.25, 0.3) is 0 Å². The second-order valence-electron chi connectivity index (χ2n) is 6.10. The quantitative estimate of drug-likeness (QED) is 0.385. The lowest BCUT2D eigenvalue weighted by molar-refractivity contribution is -0.143. The fourth-order valence-corrected chi connectivity index (χ4v) is 1.92. The summed E-state index contributed by atoms with van der Waals surface area (Å²) < 4.78 is 5.21. The van der Waals surface area contributed by atoms with Crippen molar-refractivity contribution in [1.82, 2.24) is 0 Å². The Kier molecular flexibility index (Phi) is 11.2. The van der Waals surface area contributed by atoms with Gasteiger partial charge < -0.3 is 4.74 Å². The molecule has 0 aliphatic rings. The Bertz CT molecular complexity index is 197. The van der Waals surface area contributed by atoms with Gasteiger partial charge in [0.25, 0.3) is 0 Å². The normalized spacial score (nSPS) is 11.2. The van der Waals surface area contributed by atoms with E-state index in [4.69, 9.17) is 4.74 Å². The van der Waals surface area contributed by atoms with Crippen LogP contribution in [-0.4, -0.2) is 12.6 Å². The first kappa shape index (κ1) is 17.5. The molecule has 0 unspecified atom stereocenters. The van der Waals surface area contributed by atoms with E-state index in [1.54, 1.807) is 0 Å². The molecule has 0 spiro atoms. The summed E-state index contributed by atoms with van der Waals surface area (Å²) in [5, 5.41) is 0. The Morgan fingerprint density at radius 2 is 1.39 bits per heavy atom. The van der Waals surface area contributed by atoms with Gasteiger partial charge in [-0.05, 0) is 24.7 Å². The molecule has 0 saturated heterocycles. The number of carbonyl (C=O) groups excluding carboxylic acids is 1. The zero-order valence-corrected chi connectivity index (χ0v) is 12.8. The third-order valence-corrected chi connectivity index (χ3v) is 3.10. The third kappa shape index (κ3) is 13.5. The summed E-state index contributed by atoms with van der Waals surface area (Å²) in [5.74, 6) is 1.47. The third-order valence-electron chi connectivity index (χ3n) is 3.10. The van der Waals surface area contributed by atoms with Gasteiger partial charge in [-0.1, -0.05) is 59.8 Å². The number of hydrogen-bond acceptors (Lipinski definition) is 2. The van der Waals surface area contributed by atoms with Crippen molar-refractivity contribution < 1.29 is 9.53 Å². The maximum absolute atomic E-state index is 11.4. The Hall–Kier alpha value is -0.530. The minimum absolute atomic E-state index is 0.0159. The number of unbranched alkanes of at least 4 members (excludes halogenated alkanes) is 3. The SMILES string of the molecule is CC(C)CCCCCCOC(=O)CCCC(C)C. The van der Waals surface area contributed by atoms with Gasteiger partial charge >= 0.3 is 5.97 Å². The summed E-state index contributed by atoms with van der Waals surface area (Å²) in [4.78, 5) is 11.4. The highest BCUT2D eigenvalue weighted by Gasteiger charge is 2.03. The predicted molar refractivity (Wildman–Crippen MR) is 77.6 cm³/mol. The maximum Gasteiger partial charge on any atom is 0.305 e. The number of ether oxygens (including phenoxy) is 1. The van der Waals surface area contributed by atoms with E-state index >= 15 is 0 Å². The van der Waals surface area contributed by atoms with Gasteiger partial charge in [-0.25, -0.2) is 0 Å². The van der Waals surface area contributed by atoms with Crippen LogP contribution in [0.2, 0.25) is 0 Å². The second-order valence-corrected chi connectivity index (χ2v) is 6.10. The molecule has 0 fully saturated rings. The van der Waals surface area contributed by atoms with E-state index in [-0.39, 0.29) is 5.97 Å². The van der Waals surface area contributed by atoms with Crippen LogP contribution in [-0.2, 0) is 9.53 Å². The first-order valence-corrected chi connectivity index (χ1v) is 7.68. The molecule has 0 aromatic heterocycles. The first-order valence-electron chi connectivity index (χ1n) is 7.68. The summed E-state index contributed by atoms with van der Waals surface area (Å²) in [6, 6.07) is 0. The Morgan fingerprint density at radius 1 is 0.833 bits per heavy atom. The molecule has 0 radical (unpaired) electrons. The lowest BCUT2D eigenvalue weighted by Gasteiger charge is -2.07. The largest absolute Gasteiger partial charge is 0.466 e. The number of rotatable bonds is 11.